The highest BCUT2D eigenvalue weighted by molar-refractivity contribution is 5.38. The third-order valence-corrected chi connectivity index (χ3v) is 2.19. The standard InChI is InChI=1S/C11H16N4/c1-8(2)12-6-10-13-11-5-4-9(3)7-15(11)14-10/h4-5,7-8,12H,6H2,1-3H3. The van der Waals surface area contributed by atoms with Crippen molar-refractivity contribution in [3.63, 3.8) is 0 Å². The highest BCUT2D eigenvalue weighted by Crippen LogP contribution is 2.03. The smallest absolute Gasteiger partial charge is 0.165 e. The van der Waals surface area contributed by atoms with Crippen LogP contribution < -0.4 is 5.32 Å². The summed E-state index contributed by atoms with van der Waals surface area (Å²) >= 11 is 0. The molecular weight excluding hydrogens is 188 g/mol. The minimum atomic E-state index is 0.457. The summed E-state index contributed by atoms with van der Waals surface area (Å²) < 4.78 is 1.83. The van der Waals surface area contributed by atoms with Gasteiger partial charge in [-0.3, -0.25) is 0 Å². The number of rotatable bonds is 3. The van der Waals surface area contributed by atoms with E-state index < -0.39 is 0 Å². The number of nitrogens with one attached hydrogen (secondary N) is 1. The molecule has 2 rings (SSSR count). The third kappa shape index (κ3) is 2.33. The van der Waals surface area contributed by atoms with Gasteiger partial charge in [0.05, 0.1) is 6.54 Å². The molecule has 0 spiro atoms. The van der Waals surface area contributed by atoms with E-state index in [2.05, 4.69) is 29.2 Å². The van der Waals surface area contributed by atoms with E-state index in [9.17, 15) is 0 Å². The van der Waals surface area contributed by atoms with Gasteiger partial charge in [-0.15, -0.1) is 5.10 Å². The summed E-state index contributed by atoms with van der Waals surface area (Å²) in [5, 5.41) is 7.69. The Balaban J connectivity index is 2.23. The molecule has 0 fully saturated rings. The number of hydrogen-bond acceptors (Lipinski definition) is 3. The number of nitrogens with zero attached hydrogens (tertiary/aromatic N) is 3. The number of fused-ring (bicyclic) bond motifs is 1. The molecule has 15 heavy (non-hydrogen) atoms. The highest BCUT2D eigenvalue weighted by atomic mass is 15.3. The van der Waals surface area contributed by atoms with Crippen molar-refractivity contribution in [2.75, 3.05) is 0 Å². The van der Waals surface area contributed by atoms with Crippen LogP contribution in [0.15, 0.2) is 18.3 Å². The van der Waals surface area contributed by atoms with Crippen LogP contribution in [-0.4, -0.2) is 20.6 Å². The Labute approximate surface area is 89.3 Å². The van der Waals surface area contributed by atoms with E-state index in [0.717, 1.165) is 18.0 Å². The van der Waals surface area contributed by atoms with Crippen molar-refractivity contribution in [1.29, 1.82) is 0 Å². The van der Waals surface area contributed by atoms with Gasteiger partial charge >= 0.3 is 0 Å². The second-order valence-electron chi connectivity index (χ2n) is 4.07. The summed E-state index contributed by atoms with van der Waals surface area (Å²) in [5.74, 6) is 0.842. The first kappa shape index (κ1) is 10.1. The fourth-order valence-corrected chi connectivity index (χ4v) is 1.40. The Morgan fingerprint density at radius 2 is 2.20 bits per heavy atom. The van der Waals surface area contributed by atoms with Crippen molar-refractivity contribution >= 4 is 5.65 Å². The minimum absolute atomic E-state index is 0.457. The van der Waals surface area contributed by atoms with Crippen LogP contribution in [0.4, 0.5) is 0 Å². The van der Waals surface area contributed by atoms with Gasteiger partial charge in [0, 0.05) is 12.2 Å². The first-order valence-corrected chi connectivity index (χ1v) is 5.20. The van der Waals surface area contributed by atoms with Crippen molar-refractivity contribution in [1.82, 2.24) is 19.9 Å². The van der Waals surface area contributed by atoms with Gasteiger partial charge in [-0.05, 0) is 18.6 Å². The SMILES string of the molecule is Cc1ccc2nc(CNC(C)C)nn2c1. The molecule has 0 saturated heterocycles. The molecule has 4 heteroatoms. The van der Waals surface area contributed by atoms with Crippen molar-refractivity contribution in [3.8, 4) is 0 Å². The normalized spacial score (nSPS) is 11.5. The lowest BCUT2D eigenvalue weighted by molar-refractivity contribution is 0.572. The third-order valence-electron chi connectivity index (χ3n) is 2.19. The first-order chi connectivity index (χ1) is 7.15. The van der Waals surface area contributed by atoms with Gasteiger partial charge < -0.3 is 5.32 Å². The number of aromatic nitrogens is 3. The van der Waals surface area contributed by atoms with Crippen LogP contribution in [0, 0.1) is 6.92 Å². The van der Waals surface area contributed by atoms with E-state index in [1.165, 1.54) is 5.56 Å². The molecule has 0 unspecified atom stereocenters. The van der Waals surface area contributed by atoms with Crippen LogP contribution in [0.25, 0.3) is 5.65 Å². The number of hydrogen-bond donors (Lipinski definition) is 1. The fourth-order valence-electron chi connectivity index (χ4n) is 1.40. The lowest BCUT2D eigenvalue weighted by atomic mass is 10.3. The van der Waals surface area contributed by atoms with Crippen molar-refractivity contribution in [2.45, 2.75) is 33.4 Å². The van der Waals surface area contributed by atoms with Crippen LogP contribution in [-0.2, 0) is 6.54 Å². The monoisotopic (exact) mass is 204 g/mol. The largest absolute Gasteiger partial charge is 0.308 e. The molecule has 2 aromatic rings. The second kappa shape index (κ2) is 3.98. The van der Waals surface area contributed by atoms with Crippen LogP contribution in [0.1, 0.15) is 25.2 Å². The molecule has 0 atom stereocenters. The van der Waals surface area contributed by atoms with E-state index in [4.69, 9.17) is 0 Å². The van der Waals surface area contributed by atoms with Crippen molar-refractivity contribution < 1.29 is 0 Å². The zero-order valence-corrected chi connectivity index (χ0v) is 9.36. The topological polar surface area (TPSA) is 42.2 Å². The molecule has 0 aliphatic heterocycles. The lowest BCUT2D eigenvalue weighted by Crippen LogP contribution is -2.22. The Bertz CT molecular complexity index is 459. The molecule has 4 nitrogen and oxygen atoms in total. The molecule has 0 radical (unpaired) electrons. The molecule has 0 aromatic carbocycles. The minimum Gasteiger partial charge on any atom is -0.308 e. The quantitative estimate of drug-likeness (QED) is 0.824. The molecule has 2 heterocycles. The highest BCUT2D eigenvalue weighted by Gasteiger charge is 2.03. The van der Waals surface area contributed by atoms with Gasteiger partial charge in [0.25, 0.3) is 0 Å². The molecule has 2 aromatic heterocycles. The molecule has 0 aliphatic rings. The summed E-state index contributed by atoms with van der Waals surface area (Å²) in [6, 6.07) is 4.49. The predicted octanol–water partition coefficient (Wildman–Crippen LogP) is 1.54. The van der Waals surface area contributed by atoms with Gasteiger partial charge in [-0.1, -0.05) is 19.9 Å². The summed E-state index contributed by atoms with van der Waals surface area (Å²) in [6.45, 7) is 6.99. The van der Waals surface area contributed by atoms with Crippen LogP contribution in [0.2, 0.25) is 0 Å². The maximum atomic E-state index is 4.42. The molecule has 0 bridgehead atoms. The predicted molar refractivity (Wildman–Crippen MR) is 59.7 cm³/mol. The maximum Gasteiger partial charge on any atom is 0.165 e. The average molecular weight is 204 g/mol. The fraction of sp³-hybridized carbons (Fsp3) is 0.455. The molecule has 80 valence electrons. The van der Waals surface area contributed by atoms with E-state index in [0.29, 0.717) is 6.04 Å². The number of aryl methyl sites for hydroxylation is 1. The summed E-state index contributed by atoms with van der Waals surface area (Å²) in [5.41, 5.74) is 2.09. The van der Waals surface area contributed by atoms with Gasteiger partial charge in [0.15, 0.2) is 11.5 Å². The lowest BCUT2D eigenvalue weighted by Gasteiger charge is -2.03. The molecule has 0 amide bonds. The van der Waals surface area contributed by atoms with Crippen LogP contribution >= 0.6 is 0 Å². The van der Waals surface area contributed by atoms with Gasteiger partial charge in [0.2, 0.25) is 0 Å². The molecule has 0 aliphatic carbocycles. The van der Waals surface area contributed by atoms with E-state index in [1.54, 1.807) is 0 Å². The zero-order chi connectivity index (χ0) is 10.8. The van der Waals surface area contributed by atoms with Crippen molar-refractivity contribution in [3.05, 3.63) is 29.7 Å². The molecular formula is C11H16N4. The molecule has 1 N–H and O–H groups in total. The van der Waals surface area contributed by atoms with Gasteiger partial charge in [-0.2, -0.15) is 0 Å². The summed E-state index contributed by atoms with van der Waals surface area (Å²) in [6.07, 6.45) is 1.99. The maximum absolute atomic E-state index is 4.42. The first-order valence-electron chi connectivity index (χ1n) is 5.20. The number of pyridine rings is 1. The van der Waals surface area contributed by atoms with E-state index in [1.807, 2.05) is 29.8 Å². The van der Waals surface area contributed by atoms with Gasteiger partial charge in [-0.25, -0.2) is 9.50 Å². The Hall–Kier alpha value is -1.42. The average Bonchev–Trinajstić information content (AvgIpc) is 2.56. The van der Waals surface area contributed by atoms with Crippen LogP contribution in [0.5, 0.6) is 0 Å². The summed E-state index contributed by atoms with van der Waals surface area (Å²) in [7, 11) is 0. The van der Waals surface area contributed by atoms with E-state index >= 15 is 0 Å². The molecule has 0 saturated carbocycles. The van der Waals surface area contributed by atoms with Gasteiger partial charge in [0.1, 0.15) is 0 Å². The Kier molecular flexibility index (Phi) is 2.68. The Morgan fingerprint density at radius 1 is 1.40 bits per heavy atom. The summed E-state index contributed by atoms with van der Waals surface area (Å²) in [4.78, 5) is 4.42. The second-order valence-corrected chi connectivity index (χ2v) is 4.07. The Morgan fingerprint density at radius 3 is 2.93 bits per heavy atom. The van der Waals surface area contributed by atoms with Crippen LogP contribution in [0.3, 0.4) is 0 Å². The van der Waals surface area contributed by atoms with Crippen molar-refractivity contribution in [2.24, 2.45) is 0 Å². The van der Waals surface area contributed by atoms with E-state index in [-0.39, 0.29) is 0 Å². The zero-order valence-electron chi connectivity index (χ0n) is 9.36.